The van der Waals surface area contributed by atoms with E-state index in [1.807, 2.05) is 0 Å². The summed E-state index contributed by atoms with van der Waals surface area (Å²) in [6, 6.07) is 17.5. The van der Waals surface area contributed by atoms with Gasteiger partial charge >= 0.3 is 0 Å². The summed E-state index contributed by atoms with van der Waals surface area (Å²) >= 11 is 0. The van der Waals surface area contributed by atoms with Crippen molar-refractivity contribution in [2.75, 3.05) is 7.11 Å². The van der Waals surface area contributed by atoms with Crippen LogP contribution in [0.15, 0.2) is 72.8 Å². The van der Waals surface area contributed by atoms with Crippen LogP contribution in [0.5, 0.6) is 40.2 Å². The Morgan fingerprint density at radius 1 is 0.595 bits per heavy atom. The molecule has 37 heavy (non-hydrogen) atoms. The normalized spacial score (nSPS) is 19.4. The zero-order chi connectivity index (χ0) is 26.4. The van der Waals surface area contributed by atoms with Crippen LogP contribution >= 0.6 is 0 Å². The van der Waals surface area contributed by atoms with Crippen LogP contribution in [0.25, 0.3) is 0 Å². The fraction of sp³-hybridized carbons (Fsp3) is 0.172. The average molecular weight is 503 g/mol. The zero-order valence-corrected chi connectivity index (χ0v) is 19.8. The highest BCUT2D eigenvalue weighted by Crippen LogP contribution is 2.63. The number of rotatable bonds is 5. The Hall–Kier alpha value is -4.56. The minimum atomic E-state index is -0.705. The molecule has 0 spiro atoms. The van der Waals surface area contributed by atoms with E-state index in [1.54, 1.807) is 18.2 Å². The standard InChI is InChI=1S/C29H26O8/c1-37-29(14-2-4-16(30)5-3-14)28-22-11-20(34)13-24(36)26(22)25(15-8-18(32)10-19(33)9-15)27(28)21-7-6-17(31)12-23(21)35/h2-13,25,27-36H,1H3. The molecular weight excluding hydrogens is 476 g/mol. The van der Waals surface area contributed by atoms with Gasteiger partial charge in [-0.15, -0.1) is 0 Å². The van der Waals surface area contributed by atoms with Crippen molar-refractivity contribution in [1.29, 1.82) is 0 Å². The molecule has 0 aromatic heterocycles. The molecule has 8 nitrogen and oxygen atoms in total. The van der Waals surface area contributed by atoms with Crippen molar-refractivity contribution in [2.24, 2.45) is 0 Å². The molecule has 4 unspecified atom stereocenters. The Balaban J connectivity index is 1.83. The van der Waals surface area contributed by atoms with Crippen molar-refractivity contribution >= 4 is 0 Å². The van der Waals surface area contributed by atoms with Crippen molar-refractivity contribution in [3.05, 3.63) is 101 Å². The second-order valence-corrected chi connectivity index (χ2v) is 9.27. The Kier molecular flexibility index (Phi) is 5.97. The molecule has 4 aromatic rings. The lowest BCUT2D eigenvalue weighted by Crippen LogP contribution is -2.20. The van der Waals surface area contributed by atoms with Gasteiger partial charge in [-0.3, -0.25) is 0 Å². The van der Waals surface area contributed by atoms with Gasteiger partial charge in [0.1, 0.15) is 40.2 Å². The number of phenolic OH excluding ortho intramolecular Hbond substituents is 7. The Labute approximate surface area is 212 Å². The van der Waals surface area contributed by atoms with Gasteiger partial charge in [-0.2, -0.15) is 0 Å². The predicted molar refractivity (Wildman–Crippen MR) is 134 cm³/mol. The van der Waals surface area contributed by atoms with Crippen LogP contribution in [0.4, 0.5) is 0 Å². The first-order chi connectivity index (χ1) is 17.7. The number of benzene rings is 4. The molecule has 0 bridgehead atoms. The lowest BCUT2D eigenvalue weighted by atomic mass is 9.74. The Morgan fingerprint density at radius 2 is 1.19 bits per heavy atom. The molecule has 0 amide bonds. The molecular formula is C29H26O8. The molecule has 1 aliphatic carbocycles. The predicted octanol–water partition coefficient (Wildman–Crippen LogP) is 5.03. The lowest BCUT2D eigenvalue weighted by Gasteiger charge is -2.32. The fourth-order valence-corrected chi connectivity index (χ4v) is 5.70. The van der Waals surface area contributed by atoms with Crippen LogP contribution in [0.3, 0.4) is 0 Å². The van der Waals surface area contributed by atoms with Crippen molar-refractivity contribution in [3.63, 3.8) is 0 Å². The maximum Gasteiger partial charge on any atom is 0.123 e. The third-order valence-corrected chi connectivity index (χ3v) is 7.05. The summed E-state index contributed by atoms with van der Waals surface area (Å²) in [6.45, 7) is 0. The van der Waals surface area contributed by atoms with Gasteiger partial charge in [0.25, 0.3) is 0 Å². The average Bonchev–Trinajstić information content (AvgIpc) is 3.15. The number of aromatic hydroxyl groups is 7. The van der Waals surface area contributed by atoms with E-state index in [4.69, 9.17) is 4.74 Å². The van der Waals surface area contributed by atoms with Crippen molar-refractivity contribution < 1.29 is 40.5 Å². The molecule has 8 heteroatoms. The summed E-state index contributed by atoms with van der Waals surface area (Å²) in [4.78, 5) is 0. The van der Waals surface area contributed by atoms with E-state index >= 15 is 0 Å². The Bertz CT molecular complexity index is 1440. The molecule has 4 aromatic carbocycles. The van der Waals surface area contributed by atoms with Crippen molar-refractivity contribution in [1.82, 2.24) is 0 Å². The quantitative estimate of drug-likeness (QED) is 0.201. The molecule has 190 valence electrons. The van der Waals surface area contributed by atoms with E-state index in [2.05, 4.69) is 0 Å². The van der Waals surface area contributed by atoms with Crippen LogP contribution in [0.1, 0.15) is 51.7 Å². The van der Waals surface area contributed by atoms with Gasteiger partial charge in [-0.25, -0.2) is 0 Å². The summed E-state index contributed by atoms with van der Waals surface area (Å²) in [6.07, 6.45) is -0.672. The fourth-order valence-electron chi connectivity index (χ4n) is 5.70. The highest BCUT2D eigenvalue weighted by Gasteiger charge is 2.49. The summed E-state index contributed by atoms with van der Waals surface area (Å²) < 4.78 is 5.97. The van der Waals surface area contributed by atoms with Gasteiger partial charge in [0.2, 0.25) is 0 Å². The summed E-state index contributed by atoms with van der Waals surface area (Å²) in [5.41, 5.74) is 2.56. The molecule has 7 N–H and O–H groups in total. The second kappa shape index (κ2) is 9.15. The molecule has 5 rings (SSSR count). The topological polar surface area (TPSA) is 151 Å². The van der Waals surface area contributed by atoms with Crippen LogP contribution in [0.2, 0.25) is 0 Å². The van der Waals surface area contributed by atoms with E-state index in [1.165, 1.54) is 61.7 Å². The smallest absolute Gasteiger partial charge is 0.123 e. The van der Waals surface area contributed by atoms with Crippen LogP contribution in [-0.4, -0.2) is 42.9 Å². The summed E-state index contributed by atoms with van der Waals surface area (Å²) in [5, 5.41) is 72.9. The van der Waals surface area contributed by atoms with E-state index in [0.717, 1.165) is 0 Å². The van der Waals surface area contributed by atoms with E-state index in [0.29, 0.717) is 27.8 Å². The SMILES string of the molecule is COC(c1ccc(O)cc1)C1c2cc(O)cc(O)c2C(c2cc(O)cc(O)c2)C1c1ccc(O)cc1O. The first-order valence-electron chi connectivity index (χ1n) is 11.6. The Morgan fingerprint density at radius 3 is 1.81 bits per heavy atom. The molecule has 0 radical (unpaired) electrons. The van der Waals surface area contributed by atoms with Gasteiger partial charge < -0.3 is 40.5 Å². The second-order valence-electron chi connectivity index (χ2n) is 9.27. The molecule has 0 fully saturated rings. The molecule has 0 aliphatic heterocycles. The van der Waals surface area contributed by atoms with Gasteiger partial charge in [0, 0.05) is 48.6 Å². The number of methoxy groups -OCH3 is 1. The monoisotopic (exact) mass is 502 g/mol. The molecule has 0 heterocycles. The summed E-state index contributed by atoms with van der Waals surface area (Å²) in [5.74, 6) is -2.96. The van der Waals surface area contributed by atoms with Crippen molar-refractivity contribution in [3.8, 4) is 40.2 Å². The third-order valence-electron chi connectivity index (χ3n) is 7.05. The first kappa shape index (κ1) is 24.1. The van der Waals surface area contributed by atoms with Gasteiger partial charge in [0.15, 0.2) is 0 Å². The van der Waals surface area contributed by atoms with Gasteiger partial charge in [-0.1, -0.05) is 18.2 Å². The van der Waals surface area contributed by atoms with E-state index in [-0.39, 0.29) is 40.2 Å². The minimum Gasteiger partial charge on any atom is -0.508 e. The van der Waals surface area contributed by atoms with E-state index in [9.17, 15) is 35.7 Å². The molecule has 1 aliphatic rings. The number of hydrogen-bond acceptors (Lipinski definition) is 8. The van der Waals surface area contributed by atoms with E-state index < -0.39 is 23.9 Å². The van der Waals surface area contributed by atoms with Crippen LogP contribution in [0, 0.1) is 0 Å². The number of phenols is 7. The molecule has 0 saturated carbocycles. The lowest BCUT2D eigenvalue weighted by molar-refractivity contribution is 0.0715. The zero-order valence-electron chi connectivity index (χ0n) is 19.8. The summed E-state index contributed by atoms with van der Waals surface area (Å²) in [7, 11) is 1.51. The highest BCUT2D eigenvalue weighted by molar-refractivity contribution is 5.62. The number of hydrogen-bond donors (Lipinski definition) is 7. The van der Waals surface area contributed by atoms with Crippen LogP contribution < -0.4 is 0 Å². The van der Waals surface area contributed by atoms with Crippen molar-refractivity contribution in [2.45, 2.75) is 23.9 Å². The largest absolute Gasteiger partial charge is 0.508 e. The maximum atomic E-state index is 11.1. The third kappa shape index (κ3) is 4.21. The number of ether oxygens (including phenoxy) is 1. The van der Waals surface area contributed by atoms with Gasteiger partial charge in [0.05, 0.1) is 6.10 Å². The first-order valence-corrected chi connectivity index (χ1v) is 11.6. The maximum absolute atomic E-state index is 11.1. The minimum absolute atomic E-state index is 0.0709. The highest BCUT2D eigenvalue weighted by atomic mass is 16.5. The molecule has 0 saturated heterocycles. The van der Waals surface area contributed by atoms with Crippen LogP contribution in [-0.2, 0) is 4.74 Å². The molecule has 4 atom stereocenters. The van der Waals surface area contributed by atoms with Gasteiger partial charge in [-0.05, 0) is 58.7 Å². The number of fused-ring (bicyclic) bond motifs is 1.